The predicted molar refractivity (Wildman–Crippen MR) is 163 cm³/mol. The van der Waals surface area contributed by atoms with Crippen LogP contribution in [0.2, 0.25) is 5.02 Å². The number of esters is 2. The summed E-state index contributed by atoms with van der Waals surface area (Å²) in [5, 5.41) is 10.3. The number of rotatable bonds is 8. The molecule has 5 aromatic rings. The monoisotopic (exact) mass is 582 g/mol. The van der Waals surface area contributed by atoms with Gasteiger partial charge in [-0.2, -0.15) is 10.2 Å². The van der Waals surface area contributed by atoms with Gasteiger partial charge in [-0.15, -0.1) is 0 Å². The van der Waals surface area contributed by atoms with Crippen LogP contribution in [0.1, 0.15) is 51.5 Å². The van der Waals surface area contributed by atoms with Crippen LogP contribution in [-0.4, -0.2) is 44.7 Å². The highest BCUT2D eigenvalue weighted by Crippen LogP contribution is 2.34. The molecule has 0 atom stereocenters. The van der Waals surface area contributed by atoms with Crippen LogP contribution in [-0.2, 0) is 9.47 Å². The zero-order chi connectivity index (χ0) is 30.0. The summed E-state index contributed by atoms with van der Waals surface area (Å²) >= 11 is 6.11. The van der Waals surface area contributed by atoms with Crippen LogP contribution in [0.4, 0.5) is 0 Å². The van der Waals surface area contributed by atoms with Crippen LogP contribution in [0.5, 0.6) is 0 Å². The topological polar surface area (TPSA) is 88.2 Å². The molecule has 0 aliphatic heterocycles. The summed E-state index contributed by atoms with van der Waals surface area (Å²) in [6, 6.07) is 22.6. The van der Waals surface area contributed by atoms with Crippen LogP contribution >= 0.6 is 11.6 Å². The Labute approximate surface area is 249 Å². The van der Waals surface area contributed by atoms with Crippen LogP contribution < -0.4 is 0 Å². The van der Waals surface area contributed by atoms with Crippen molar-refractivity contribution in [1.82, 2.24) is 19.6 Å². The highest BCUT2D eigenvalue weighted by atomic mass is 35.5. The summed E-state index contributed by atoms with van der Waals surface area (Å²) in [7, 11) is 0. The minimum absolute atomic E-state index is 0.225. The normalized spacial score (nSPS) is 11.0. The van der Waals surface area contributed by atoms with Crippen molar-refractivity contribution < 1.29 is 19.1 Å². The van der Waals surface area contributed by atoms with Gasteiger partial charge in [0.05, 0.1) is 36.0 Å². The molecule has 8 nitrogen and oxygen atoms in total. The molecule has 0 saturated heterocycles. The molecule has 0 radical (unpaired) electrons. The first-order chi connectivity index (χ1) is 20.2. The summed E-state index contributed by atoms with van der Waals surface area (Å²) < 4.78 is 14.3. The summed E-state index contributed by atoms with van der Waals surface area (Å²) in [6.07, 6.45) is 0. The van der Waals surface area contributed by atoms with Crippen LogP contribution in [0.3, 0.4) is 0 Å². The zero-order valence-electron chi connectivity index (χ0n) is 24.1. The first-order valence-corrected chi connectivity index (χ1v) is 14.1. The number of carbonyl (C=O) groups excluding carboxylic acids is 2. The fraction of sp³-hybridized carbons (Fsp3) is 0.212. The molecule has 42 heavy (non-hydrogen) atoms. The molecule has 0 aliphatic rings. The van der Waals surface area contributed by atoms with Gasteiger partial charge in [-0.3, -0.25) is 0 Å². The zero-order valence-corrected chi connectivity index (χ0v) is 24.9. The van der Waals surface area contributed by atoms with Gasteiger partial charge in [0.2, 0.25) is 0 Å². The molecule has 0 amide bonds. The van der Waals surface area contributed by atoms with Crippen molar-refractivity contribution in [2.24, 2.45) is 0 Å². The second-order valence-electron chi connectivity index (χ2n) is 9.78. The van der Waals surface area contributed by atoms with E-state index >= 15 is 0 Å². The van der Waals surface area contributed by atoms with Crippen LogP contribution in [0.15, 0.2) is 72.8 Å². The SMILES string of the molecule is CCOC(=O)c1c(-c2cccc(-c3nn(-c4ccc(Cl)cc4)c(C)c3C(=O)OCC)c2)nn(-c2ccc(C)cc2)c1C. The molecule has 0 aliphatic carbocycles. The smallest absolute Gasteiger partial charge is 0.342 e. The third-order valence-corrected chi connectivity index (χ3v) is 7.20. The summed E-state index contributed by atoms with van der Waals surface area (Å²) in [6.45, 7) is 9.69. The second kappa shape index (κ2) is 12.0. The molecule has 0 bridgehead atoms. The van der Waals surface area contributed by atoms with Gasteiger partial charge in [-0.1, -0.05) is 47.5 Å². The highest BCUT2D eigenvalue weighted by Gasteiger charge is 2.27. The first-order valence-electron chi connectivity index (χ1n) is 13.7. The van der Waals surface area contributed by atoms with Crippen LogP contribution in [0, 0.1) is 20.8 Å². The van der Waals surface area contributed by atoms with Crippen LogP contribution in [0.25, 0.3) is 33.9 Å². The quantitative estimate of drug-likeness (QED) is 0.178. The Morgan fingerprint density at radius 1 is 0.690 bits per heavy atom. The van der Waals surface area contributed by atoms with Gasteiger partial charge in [-0.05, 0) is 77.1 Å². The summed E-state index contributed by atoms with van der Waals surface area (Å²) in [5.74, 6) is -0.925. The van der Waals surface area contributed by atoms with Gasteiger partial charge in [0, 0.05) is 16.1 Å². The predicted octanol–water partition coefficient (Wildman–Crippen LogP) is 7.32. The number of hydrogen-bond acceptors (Lipinski definition) is 6. The third kappa shape index (κ3) is 5.45. The molecule has 0 unspecified atom stereocenters. The summed E-state index contributed by atoms with van der Waals surface area (Å²) in [5.41, 5.74) is 6.99. The van der Waals surface area contributed by atoms with Gasteiger partial charge in [0.1, 0.15) is 22.5 Å². The van der Waals surface area contributed by atoms with Crippen molar-refractivity contribution in [1.29, 1.82) is 0 Å². The molecule has 0 spiro atoms. The first kappa shape index (κ1) is 28.8. The number of ether oxygens (including phenoxy) is 2. The van der Waals surface area contributed by atoms with Crippen molar-refractivity contribution in [3.8, 4) is 33.9 Å². The molecule has 2 aromatic heterocycles. The average Bonchev–Trinajstić information content (AvgIpc) is 3.51. The fourth-order valence-electron chi connectivity index (χ4n) is 4.89. The lowest BCUT2D eigenvalue weighted by molar-refractivity contribution is 0.0516. The van der Waals surface area contributed by atoms with E-state index in [1.165, 1.54) is 0 Å². The number of aryl methyl sites for hydroxylation is 1. The van der Waals surface area contributed by atoms with E-state index in [9.17, 15) is 9.59 Å². The van der Waals surface area contributed by atoms with Gasteiger partial charge in [0.15, 0.2) is 0 Å². The van der Waals surface area contributed by atoms with E-state index in [-0.39, 0.29) is 13.2 Å². The number of carbonyl (C=O) groups is 2. The van der Waals surface area contributed by atoms with Crippen molar-refractivity contribution in [2.75, 3.05) is 13.2 Å². The number of halogens is 1. The molecular weight excluding hydrogens is 552 g/mol. The van der Waals surface area contributed by atoms with Crippen molar-refractivity contribution in [2.45, 2.75) is 34.6 Å². The fourth-order valence-corrected chi connectivity index (χ4v) is 5.01. The number of nitrogens with zero attached hydrogens (tertiary/aromatic N) is 4. The Kier molecular flexibility index (Phi) is 8.27. The van der Waals surface area contributed by atoms with E-state index in [2.05, 4.69) is 0 Å². The Hall–Kier alpha value is -4.69. The lowest BCUT2D eigenvalue weighted by atomic mass is 10.00. The molecule has 5 rings (SSSR count). The van der Waals surface area contributed by atoms with Crippen molar-refractivity contribution in [3.63, 3.8) is 0 Å². The number of benzene rings is 3. The third-order valence-electron chi connectivity index (χ3n) is 6.95. The second-order valence-corrected chi connectivity index (χ2v) is 10.2. The van der Waals surface area contributed by atoms with E-state index in [1.807, 2.05) is 81.4 Å². The maximum Gasteiger partial charge on any atom is 0.342 e. The number of aromatic nitrogens is 4. The van der Waals surface area contributed by atoms with E-state index in [0.29, 0.717) is 50.1 Å². The average molecular weight is 583 g/mol. The Morgan fingerprint density at radius 3 is 1.55 bits per heavy atom. The molecular formula is C33H31ClN4O4. The Morgan fingerprint density at radius 2 is 1.12 bits per heavy atom. The lowest BCUT2D eigenvalue weighted by Crippen LogP contribution is -2.08. The minimum Gasteiger partial charge on any atom is -0.462 e. The van der Waals surface area contributed by atoms with Crippen molar-refractivity contribution >= 4 is 23.5 Å². The standard InChI is InChI=1S/C33H31ClN4O4/c1-6-41-32(39)28-21(4)37(26-15-11-20(3)12-16-26)35-30(28)23-9-8-10-24(19-23)31-29(33(40)42-7-2)22(5)38(36-31)27-17-13-25(34)14-18-27/h8-19H,6-7H2,1-5H3. The molecule has 0 saturated carbocycles. The van der Waals surface area contributed by atoms with E-state index in [0.717, 1.165) is 16.9 Å². The molecule has 9 heteroatoms. The molecule has 3 aromatic carbocycles. The Balaban J connectivity index is 1.68. The van der Waals surface area contributed by atoms with Gasteiger partial charge < -0.3 is 9.47 Å². The van der Waals surface area contributed by atoms with E-state index < -0.39 is 11.9 Å². The maximum atomic E-state index is 13.2. The van der Waals surface area contributed by atoms with E-state index in [4.69, 9.17) is 31.3 Å². The van der Waals surface area contributed by atoms with Gasteiger partial charge >= 0.3 is 11.9 Å². The molecule has 0 N–H and O–H groups in total. The van der Waals surface area contributed by atoms with Gasteiger partial charge in [0.25, 0.3) is 0 Å². The van der Waals surface area contributed by atoms with E-state index in [1.54, 1.807) is 35.3 Å². The van der Waals surface area contributed by atoms with Gasteiger partial charge in [-0.25, -0.2) is 19.0 Å². The summed E-state index contributed by atoms with van der Waals surface area (Å²) in [4.78, 5) is 26.4. The number of hydrogen-bond donors (Lipinski definition) is 0. The van der Waals surface area contributed by atoms with Crippen molar-refractivity contribution in [3.05, 3.63) is 106 Å². The largest absolute Gasteiger partial charge is 0.462 e. The molecule has 214 valence electrons. The Bertz CT molecular complexity index is 1640. The molecule has 0 fully saturated rings. The lowest BCUT2D eigenvalue weighted by Gasteiger charge is -2.07. The maximum absolute atomic E-state index is 13.2. The minimum atomic E-state index is -0.470. The molecule has 2 heterocycles. The highest BCUT2D eigenvalue weighted by molar-refractivity contribution is 6.30.